The molecular formula is C19H24N2O3. The predicted octanol–water partition coefficient (Wildman–Crippen LogP) is 3.23. The summed E-state index contributed by atoms with van der Waals surface area (Å²) in [4.78, 5) is 26.4. The molecule has 1 heterocycles. The van der Waals surface area contributed by atoms with E-state index in [1.165, 1.54) is 0 Å². The van der Waals surface area contributed by atoms with Crippen LogP contribution in [0.5, 0.6) is 0 Å². The van der Waals surface area contributed by atoms with Crippen molar-refractivity contribution >= 4 is 17.4 Å². The molecule has 2 rings (SSSR count). The van der Waals surface area contributed by atoms with E-state index in [0.717, 1.165) is 23.6 Å². The first-order valence-electron chi connectivity index (χ1n) is 7.99. The summed E-state index contributed by atoms with van der Waals surface area (Å²) in [6, 6.07) is 8.93. The number of rotatable bonds is 6. The number of aromatic nitrogens is 1. The quantitative estimate of drug-likeness (QED) is 0.603. The van der Waals surface area contributed by atoms with E-state index in [1.807, 2.05) is 58.0 Å². The van der Waals surface area contributed by atoms with Crippen molar-refractivity contribution in [2.45, 2.75) is 27.3 Å². The summed E-state index contributed by atoms with van der Waals surface area (Å²) in [6.07, 6.45) is 0. The smallest absolute Gasteiger partial charge is 0.338 e. The SMILES string of the molecule is CCn1c(C)cc(C(=O)COC(=O)c2ccc(N(C)C)cc2)c1C. The molecule has 0 saturated carbocycles. The maximum absolute atomic E-state index is 12.3. The Labute approximate surface area is 142 Å². The molecule has 0 unspecified atom stereocenters. The Bertz CT molecular complexity index is 743. The maximum Gasteiger partial charge on any atom is 0.338 e. The van der Waals surface area contributed by atoms with Crippen molar-refractivity contribution in [2.75, 3.05) is 25.6 Å². The fraction of sp³-hybridized carbons (Fsp3) is 0.368. The zero-order chi connectivity index (χ0) is 17.9. The lowest BCUT2D eigenvalue weighted by Gasteiger charge is -2.12. The number of Topliss-reactive ketones (excluding diaryl/α,β-unsaturated/α-hetero) is 1. The van der Waals surface area contributed by atoms with Gasteiger partial charge in [0.2, 0.25) is 5.78 Å². The van der Waals surface area contributed by atoms with Gasteiger partial charge in [0.25, 0.3) is 0 Å². The molecule has 0 bridgehead atoms. The number of carbonyl (C=O) groups is 2. The number of ketones is 1. The summed E-state index contributed by atoms with van der Waals surface area (Å²) in [7, 11) is 3.86. The molecular weight excluding hydrogens is 304 g/mol. The molecule has 0 aliphatic heterocycles. The Kier molecular flexibility index (Phi) is 5.44. The van der Waals surface area contributed by atoms with Crippen molar-refractivity contribution in [3.63, 3.8) is 0 Å². The van der Waals surface area contributed by atoms with E-state index in [4.69, 9.17) is 4.74 Å². The van der Waals surface area contributed by atoms with Gasteiger partial charge in [0.15, 0.2) is 6.61 Å². The number of anilines is 1. The van der Waals surface area contributed by atoms with Crippen LogP contribution in [0, 0.1) is 13.8 Å². The minimum atomic E-state index is -0.488. The Balaban J connectivity index is 2.02. The molecule has 0 N–H and O–H groups in total. The van der Waals surface area contributed by atoms with E-state index in [9.17, 15) is 9.59 Å². The molecule has 0 saturated heterocycles. The van der Waals surface area contributed by atoms with Crippen molar-refractivity contribution in [2.24, 2.45) is 0 Å². The minimum absolute atomic E-state index is 0.180. The molecule has 1 aromatic carbocycles. The van der Waals surface area contributed by atoms with Crippen molar-refractivity contribution in [3.05, 3.63) is 52.8 Å². The van der Waals surface area contributed by atoms with E-state index in [1.54, 1.807) is 12.1 Å². The molecule has 1 aromatic heterocycles. The first-order valence-corrected chi connectivity index (χ1v) is 7.99. The third kappa shape index (κ3) is 3.67. The van der Waals surface area contributed by atoms with Crippen LogP contribution in [0.25, 0.3) is 0 Å². The van der Waals surface area contributed by atoms with Crippen LogP contribution < -0.4 is 4.90 Å². The molecule has 2 aromatic rings. The highest BCUT2D eigenvalue weighted by molar-refractivity contribution is 6.00. The number of hydrogen-bond acceptors (Lipinski definition) is 4. The van der Waals surface area contributed by atoms with Gasteiger partial charge in [-0.2, -0.15) is 0 Å². The number of hydrogen-bond donors (Lipinski definition) is 0. The molecule has 0 atom stereocenters. The highest BCUT2D eigenvalue weighted by Crippen LogP contribution is 2.16. The van der Waals surface area contributed by atoms with Gasteiger partial charge >= 0.3 is 5.97 Å². The van der Waals surface area contributed by atoms with E-state index in [0.29, 0.717) is 11.1 Å². The third-order valence-electron chi connectivity index (χ3n) is 4.14. The molecule has 0 aliphatic rings. The van der Waals surface area contributed by atoms with Gasteiger partial charge in [-0.3, -0.25) is 4.79 Å². The van der Waals surface area contributed by atoms with Crippen LogP contribution in [0.2, 0.25) is 0 Å². The van der Waals surface area contributed by atoms with Crippen LogP contribution >= 0.6 is 0 Å². The van der Waals surface area contributed by atoms with Crippen LogP contribution in [0.3, 0.4) is 0 Å². The van der Waals surface area contributed by atoms with Crippen LogP contribution in [0.4, 0.5) is 5.69 Å². The van der Waals surface area contributed by atoms with Gasteiger partial charge in [-0.25, -0.2) is 4.79 Å². The summed E-state index contributed by atoms with van der Waals surface area (Å²) < 4.78 is 7.24. The van der Waals surface area contributed by atoms with Gasteiger partial charge in [-0.15, -0.1) is 0 Å². The number of benzene rings is 1. The second-order valence-corrected chi connectivity index (χ2v) is 5.97. The number of esters is 1. The molecule has 0 spiro atoms. The number of nitrogens with zero attached hydrogens (tertiary/aromatic N) is 2. The molecule has 5 nitrogen and oxygen atoms in total. The fourth-order valence-corrected chi connectivity index (χ4v) is 2.76. The second-order valence-electron chi connectivity index (χ2n) is 5.97. The fourth-order valence-electron chi connectivity index (χ4n) is 2.76. The van der Waals surface area contributed by atoms with Crippen LogP contribution in [-0.4, -0.2) is 37.0 Å². The van der Waals surface area contributed by atoms with Crippen molar-refractivity contribution in [3.8, 4) is 0 Å². The Hall–Kier alpha value is -2.56. The molecule has 128 valence electrons. The molecule has 0 aliphatic carbocycles. The molecule has 0 fully saturated rings. The summed E-state index contributed by atoms with van der Waals surface area (Å²) in [5.74, 6) is -0.668. The first-order chi connectivity index (χ1) is 11.3. The van der Waals surface area contributed by atoms with Crippen molar-refractivity contribution in [1.82, 2.24) is 4.57 Å². The average molecular weight is 328 g/mol. The zero-order valence-corrected chi connectivity index (χ0v) is 14.9. The second kappa shape index (κ2) is 7.34. The van der Waals surface area contributed by atoms with Gasteiger partial charge < -0.3 is 14.2 Å². The highest BCUT2D eigenvalue weighted by atomic mass is 16.5. The lowest BCUT2D eigenvalue weighted by Crippen LogP contribution is -2.15. The number of aryl methyl sites for hydroxylation is 1. The third-order valence-corrected chi connectivity index (χ3v) is 4.14. The van der Waals surface area contributed by atoms with Crippen LogP contribution in [0.15, 0.2) is 30.3 Å². The number of ether oxygens (including phenoxy) is 1. The van der Waals surface area contributed by atoms with Crippen LogP contribution in [0.1, 0.15) is 39.0 Å². The summed E-state index contributed by atoms with van der Waals surface area (Å²) in [6.45, 7) is 6.47. The van der Waals surface area contributed by atoms with Crippen molar-refractivity contribution in [1.29, 1.82) is 0 Å². The van der Waals surface area contributed by atoms with E-state index in [-0.39, 0.29) is 12.4 Å². The Morgan fingerprint density at radius 2 is 1.75 bits per heavy atom. The highest BCUT2D eigenvalue weighted by Gasteiger charge is 2.17. The van der Waals surface area contributed by atoms with Gasteiger partial charge in [0.05, 0.1) is 5.56 Å². The number of carbonyl (C=O) groups excluding carboxylic acids is 2. The van der Waals surface area contributed by atoms with Gasteiger partial charge in [0.1, 0.15) is 0 Å². The monoisotopic (exact) mass is 328 g/mol. The molecule has 5 heteroatoms. The summed E-state index contributed by atoms with van der Waals surface area (Å²) in [5, 5.41) is 0. The standard InChI is InChI=1S/C19H24N2O3/c1-6-21-13(2)11-17(14(21)3)18(22)12-24-19(23)15-7-9-16(10-8-15)20(4)5/h7-11H,6,12H2,1-5H3. The maximum atomic E-state index is 12.3. The summed E-state index contributed by atoms with van der Waals surface area (Å²) >= 11 is 0. The van der Waals surface area contributed by atoms with Crippen molar-refractivity contribution < 1.29 is 14.3 Å². The normalized spacial score (nSPS) is 10.5. The Morgan fingerprint density at radius 1 is 1.12 bits per heavy atom. The summed E-state index contributed by atoms with van der Waals surface area (Å²) in [5.41, 5.74) is 3.99. The van der Waals surface area contributed by atoms with Gasteiger partial charge in [0, 0.05) is 43.3 Å². The largest absolute Gasteiger partial charge is 0.454 e. The topological polar surface area (TPSA) is 51.5 Å². The lowest BCUT2D eigenvalue weighted by atomic mass is 10.1. The van der Waals surface area contributed by atoms with E-state index < -0.39 is 5.97 Å². The first kappa shape index (κ1) is 17.8. The minimum Gasteiger partial charge on any atom is -0.454 e. The molecule has 0 amide bonds. The molecule has 0 radical (unpaired) electrons. The molecule has 24 heavy (non-hydrogen) atoms. The van der Waals surface area contributed by atoms with E-state index >= 15 is 0 Å². The average Bonchev–Trinajstić information content (AvgIpc) is 2.86. The lowest BCUT2D eigenvalue weighted by molar-refractivity contribution is 0.0474. The Morgan fingerprint density at radius 3 is 2.25 bits per heavy atom. The predicted molar refractivity (Wildman–Crippen MR) is 95.0 cm³/mol. The van der Waals surface area contributed by atoms with Crippen LogP contribution in [-0.2, 0) is 11.3 Å². The van der Waals surface area contributed by atoms with Gasteiger partial charge in [-0.1, -0.05) is 0 Å². The van der Waals surface area contributed by atoms with E-state index in [2.05, 4.69) is 4.57 Å². The van der Waals surface area contributed by atoms with Gasteiger partial charge in [-0.05, 0) is 51.1 Å². The zero-order valence-electron chi connectivity index (χ0n) is 14.9.